The molecule has 0 aromatic heterocycles. The number of amides is 2. The molecule has 7 nitrogen and oxygen atoms in total. The fourth-order valence-electron chi connectivity index (χ4n) is 4.65. The molecule has 1 saturated heterocycles. The highest BCUT2D eigenvalue weighted by atomic mass is 35.5. The van der Waals surface area contributed by atoms with Gasteiger partial charge in [-0.05, 0) is 54.6 Å². The molecule has 0 aliphatic carbocycles. The fourth-order valence-corrected chi connectivity index (χ4v) is 4.65. The van der Waals surface area contributed by atoms with Crippen molar-refractivity contribution in [3.63, 3.8) is 0 Å². The van der Waals surface area contributed by atoms with Crippen molar-refractivity contribution in [3.8, 4) is 0 Å². The number of aliphatic hydroxyl groups excluding tert-OH is 1. The van der Waals surface area contributed by atoms with Crippen LogP contribution < -0.4 is 10.6 Å². The van der Waals surface area contributed by atoms with Crippen LogP contribution in [0.4, 0.5) is 8.78 Å². The minimum atomic E-state index is -1.03. The summed E-state index contributed by atoms with van der Waals surface area (Å²) in [6.45, 7) is 7.04. The van der Waals surface area contributed by atoms with Gasteiger partial charge in [0.1, 0.15) is 11.6 Å². The molecule has 0 spiro atoms. The molecule has 0 bridgehead atoms. The number of nitrogens with one attached hydrogen (secondary N) is 2. The molecule has 0 radical (unpaired) electrons. The lowest BCUT2D eigenvalue weighted by Gasteiger charge is -2.34. The van der Waals surface area contributed by atoms with E-state index < -0.39 is 29.7 Å². The monoisotopic (exact) mass is 602 g/mol. The molecule has 3 N–H and O–H groups in total. The molecular formula is C29H42Cl2F2N4O3. The molecule has 11 heteroatoms. The quantitative estimate of drug-likeness (QED) is 0.308. The van der Waals surface area contributed by atoms with Crippen LogP contribution >= 0.6 is 24.8 Å². The molecule has 0 saturated carbocycles. The second-order valence-electron chi connectivity index (χ2n) is 9.97. The Morgan fingerprint density at radius 2 is 1.73 bits per heavy atom. The molecule has 0 unspecified atom stereocenters. The zero-order valence-electron chi connectivity index (χ0n) is 23.2. The summed E-state index contributed by atoms with van der Waals surface area (Å²) in [6.07, 6.45) is 2.00. The Bertz CT molecular complexity index is 1060. The van der Waals surface area contributed by atoms with Crippen LogP contribution in [0.3, 0.4) is 0 Å². The predicted octanol–water partition coefficient (Wildman–Crippen LogP) is 3.49. The van der Waals surface area contributed by atoms with Gasteiger partial charge in [-0.25, -0.2) is 8.78 Å². The van der Waals surface area contributed by atoms with Crippen molar-refractivity contribution in [1.82, 2.24) is 20.4 Å². The molecule has 2 atom stereocenters. The molecule has 2 amide bonds. The molecule has 2 aromatic carbocycles. The van der Waals surface area contributed by atoms with Gasteiger partial charge in [0.05, 0.1) is 25.2 Å². The van der Waals surface area contributed by atoms with Crippen LogP contribution in [0.15, 0.2) is 42.5 Å². The van der Waals surface area contributed by atoms with E-state index in [1.54, 1.807) is 0 Å². The molecule has 1 aliphatic rings. The average molecular weight is 604 g/mol. The highest BCUT2D eigenvalue weighted by molar-refractivity contribution is 5.86. The van der Waals surface area contributed by atoms with E-state index in [1.807, 2.05) is 12.1 Å². The smallest absolute Gasteiger partial charge is 0.239 e. The van der Waals surface area contributed by atoms with Crippen molar-refractivity contribution in [2.24, 2.45) is 0 Å². The van der Waals surface area contributed by atoms with Gasteiger partial charge in [-0.1, -0.05) is 44.5 Å². The minimum Gasteiger partial charge on any atom is -0.390 e. The lowest BCUT2D eigenvalue weighted by Crippen LogP contribution is -2.55. The third-order valence-electron chi connectivity index (χ3n) is 6.83. The van der Waals surface area contributed by atoms with E-state index in [1.165, 1.54) is 22.6 Å². The fraction of sp³-hybridized carbons (Fsp3) is 0.517. The van der Waals surface area contributed by atoms with Crippen molar-refractivity contribution in [3.05, 3.63) is 70.8 Å². The predicted molar refractivity (Wildman–Crippen MR) is 158 cm³/mol. The number of unbranched alkanes of at least 4 members (excludes halogenated alkanes) is 1. The topological polar surface area (TPSA) is 84.9 Å². The molecule has 2 aromatic rings. The van der Waals surface area contributed by atoms with Gasteiger partial charge in [0, 0.05) is 32.2 Å². The Labute approximate surface area is 248 Å². The van der Waals surface area contributed by atoms with Crippen molar-refractivity contribution >= 4 is 36.6 Å². The van der Waals surface area contributed by atoms with E-state index in [0.29, 0.717) is 25.2 Å². The van der Waals surface area contributed by atoms with Gasteiger partial charge in [-0.3, -0.25) is 14.5 Å². The average Bonchev–Trinajstić information content (AvgIpc) is 2.88. The number of rotatable bonds is 14. The summed E-state index contributed by atoms with van der Waals surface area (Å²) in [5.41, 5.74) is 2.60. The summed E-state index contributed by atoms with van der Waals surface area (Å²) >= 11 is 0. The van der Waals surface area contributed by atoms with Gasteiger partial charge in [-0.2, -0.15) is 0 Å². The molecule has 224 valence electrons. The SMILES string of the molecule is CCCCN1CCN(CC(=O)N[C@@H](Cc2cc(F)cc(F)c2)[C@@H](O)CNCc2cccc(CC)c2)C(=O)C1.Cl.Cl. The van der Waals surface area contributed by atoms with E-state index >= 15 is 0 Å². The van der Waals surface area contributed by atoms with E-state index in [2.05, 4.69) is 41.5 Å². The number of aliphatic hydroxyl groups is 1. The van der Waals surface area contributed by atoms with Gasteiger partial charge in [-0.15, -0.1) is 24.8 Å². The standard InChI is InChI=1S/C29H40F2N4O3.2ClH/c1-3-5-9-34-10-11-35(29(38)20-34)19-28(37)33-26(15-23-13-24(30)16-25(31)14-23)27(36)18-32-17-22-8-6-7-21(4-2)12-22;;/h6-8,12-14,16,26-27,32,36H,3-5,9-11,15,17-20H2,1-2H3,(H,33,37);2*1H/t26-,27-;;/m0../s1. The number of hydrogen-bond donors (Lipinski definition) is 3. The van der Waals surface area contributed by atoms with Gasteiger partial charge in [0.15, 0.2) is 0 Å². The normalized spacial score (nSPS) is 15.1. The largest absolute Gasteiger partial charge is 0.390 e. The number of benzene rings is 2. The van der Waals surface area contributed by atoms with Crippen molar-refractivity contribution in [1.29, 1.82) is 0 Å². The Kier molecular flexibility index (Phi) is 16.3. The molecule has 1 fully saturated rings. The maximum Gasteiger partial charge on any atom is 0.239 e. The van der Waals surface area contributed by atoms with E-state index in [4.69, 9.17) is 0 Å². The van der Waals surface area contributed by atoms with Gasteiger partial charge in [0.2, 0.25) is 11.8 Å². The highest BCUT2D eigenvalue weighted by Gasteiger charge is 2.27. The van der Waals surface area contributed by atoms with Crippen LogP contribution in [0.1, 0.15) is 43.4 Å². The lowest BCUT2D eigenvalue weighted by molar-refractivity contribution is -0.140. The Morgan fingerprint density at radius 3 is 2.38 bits per heavy atom. The zero-order valence-corrected chi connectivity index (χ0v) is 24.8. The number of aryl methyl sites for hydroxylation is 1. The number of carbonyl (C=O) groups excluding carboxylic acids is 2. The molecular weight excluding hydrogens is 561 g/mol. The maximum atomic E-state index is 13.8. The van der Waals surface area contributed by atoms with Crippen LogP contribution in [0.5, 0.6) is 0 Å². The first-order valence-electron chi connectivity index (χ1n) is 13.5. The number of halogens is 4. The second kappa shape index (κ2) is 18.2. The van der Waals surface area contributed by atoms with Gasteiger partial charge >= 0.3 is 0 Å². The number of hydrogen-bond acceptors (Lipinski definition) is 5. The molecule has 40 heavy (non-hydrogen) atoms. The summed E-state index contributed by atoms with van der Waals surface area (Å²) in [5.74, 6) is -1.97. The zero-order chi connectivity index (χ0) is 27.5. The minimum absolute atomic E-state index is 0. The van der Waals surface area contributed by atoms with E-state index in [0.717, 1.165) is 37.4 Å². The lowest BCUT2D eigenvalue weighted by atomic mass is 10.0. The van der Waals surface area contributed by atoms with E-state index in [-0.39, 0.29) is 56.8 Å². The summed E-state index contributed by atoms with van der Waals surface area (Å²) in [5, 5.41) is 17.0. The number of nitrogens with zero attached hydrogens (tertiary/aromatic N) is 2. The van der Waals surface area contributed by atoms with Crippen LogP contribution in [-0.4, -0.2) is 78.1 Å². The molecule has 1 aliphatic heterocycles. The number of piperazine rings is 1. The molecule has 1 heterocycles. The first-order chi connectivity index (χ1) is 18.3. The highest BCUT2D eigenvalue weighted by Crippen LogP contribution is 2.13. The van der Waals surface area contributed by atoms with Gasteiger partial charge < -0.3 is 20.6 Å². The second-order valence-corrected chi connectivity index (χ2v) is 9.97. The van der Waals surface area contributed by atoms with E-state index in [9.17, 15) is 23.5 Å². The van der Waals surface area contributed by atoms with Crippen molar-refractivity contribution < 1.29 is 23.5 Å². The summed E-state index contributed by atoms with van der Waals surface area (Å²) in [4.78, 5) is 29.1. The third kappa shape index (κ3) is 11.7. The Balaban J connectivity index is 0.00000400. The summed E-state index contributed by atoms with van der Waals surface area (Å²) < 4.78 is 27.6. The van der Waals surface area contributed by atoms with Crippen LogP contribution in [0.25, 0.3) is 0 Å². The summed E-state index contributed by atoms with van der Waals surface area (Å²) in [6, 6.07) is 10.5. The summed E-state index contributed by atoms with van der Waals surface area (Å²) in [7, 11) is 0. The Hall–Kier alpha value is -2.30. The first-order valence-corrected chi connectivity index (χ1v) is 13.5. The van der Waals surface area contributed by atoms with Crippen molar-refractivity contribution in [2.75, 3.05) is 39.3 Å². The van der Waals surface area contributed by atoms with Crippen LogP contribution in [0.2, 0.25) is 0 Å². The first kappa shape index (κ1) is 35.7. The van der Waals surface area contributed by atoms with Crippen molar-refractivity contribution in [2.45, 2.75) is 58.2 Å². The third-order valence-corrected chi connectivity index (χ3v) is 6.83. The Morgan fingerprint density at radius 1 is 1.02 bits per heavy atom. The van der Waals surface area contributed by atoms with Crippen LogP contribution in [-0.2, 0) is 29.0 Å². The maximum absolute atomic E-state index is 13.8. The van der Waals surface area contributed by atoms with Crippen LogP contribution in [0, 0.1) is 11.6 Å². The molecule has 3 rings (SSSR count). The number of carbonyl (C=O) groups is 2. The van der Waals surface area contributed by atoms with Gasteiger partial charge in [0.25, 0.3) is 0 Å².